The smallest absolute Gasteiger partial charge is 0.344 e. The second-order valence-corrected chi connectivity index (χ2v) is 8.88. The Hall–Kier alpha value is -3.72. The lowest BCUT2D eigenvalue weighted by Crippen LogP contribution is -2.47. The monoisotopic (exact) mass is 491 g/mol. The third-order valence-electron chi connectivity index (χ3n) is 6.53. The molecule has 0 spiro atoms. The maximum Gasteiger partial charge on any atom is 0.344 e. The van der Waals surface area contributed by atoms with E-state index < -0.39 is 5.97 Å². The van der Waals surface area contributed by atoms with Crippen molar-refractivity contribution in [3.63, 3.8) is 0 Å². The number of rotatable bonds is 9. The van der Waals surface area contributed by atoms with Crippen molar-refractivity contribution >= 4 is 33.6 Å². The van der Waals surface area contributed by atoms with Gasteiger partial charge in [0.25, 0.3) is 0 Å². The molecule has 4 aromatic rings. The summed E-state index contributed by atoms with van der Waals surface area (Å²) in [6, 6.07) is 10.5. The summed E-state index contributed by atoms with van der Waals surface area (Å²) in [6.07, 6.45) is 5.70. The normalized spacial score (nSPS) is 14.4. The van der Waals surface area contributed by atoms with Gasteiger partial charge in [-0.1, -0.05) is 0 Å². The summed E-state index contributed by atoms with van der Waals surface area (Å²) in [6.45, 7) is 6.58. The molecule has 188 valence electrons. The van der Waals surface area contributed by atoms with Gasteiger partial charge in [-0.3, -0.25) is 4.90 Å². The molecule has 1 aliphatic heterocycles. The molecule has 0 unspecified atom stereocenters. The Labute approximate surface area is 209 Å². The van der Waals surface area contributed by atoms with Crippen LogP contribution >= 0.6 is 0 Å². The van der Waals surface area contributed by atoms with Gasteiger partial charge in [-0.05, 0) is 62.2 Å². The lowest BCUT2D eigenvalue weighted by atomic mass is 10.1. The molecule has 3 aromatic heterocycles. The molecule has 0 saturated carbocycles. The molecule has 1 fully saturated rings. The molecule has 8 nitrogen and oxygen atoms in total. The summed E-state index contributed by atoms with van der Waals surface area (Å²) in [5.41, 5.74) is 2.93. The number of hydrogen-bond donors (Lipinski definition) is 1. The number of anilines is 1. The molecule has 9 heteroatoms. The maximum absolute atomic E-state index is 13.6. The molecule has 1 N–H and O–H groups in total. The molecule has 0 bridgehead atoms. The highest BCUT2D eigenvalue weighted by Gasteiger charge is 2.20. The number of aryl methyl sites for hydroxylation is 1. The number of esters is 1. The number of ether oxygens (including phenoxy) is 2. The van der Waals surface area contributed by atoms with E-state index in [-0.39, 0.29) is 12.4 Å². The predicted molar refractivity (Wildman–Crippen MR) is 137 cm³/mol. The lowest BCUT2D eigenvalue weighted by molar-refractivity contribution is -0.145. The Morgan fingerprint density at radius 1 is 1.11 bits per heavy atom. The molecule has 36 heavy (non-hydrogen) atoms. The van der Waals surface area contributed by atoms with E-state index in [4.69, 9.17) is 9.47 Å². The van der Waals surface area contributed by atoms with Crippen molar-refractivity contribution in [3.05, 3.63) is 60.2 Å². The van der Waals surface area contributed by atoms with Gasteiger partial charge >= 0.3 is 5.97 Å². The summed E-state index contributed by atoms with van der Waals surface area (Å²) in [7, 11) is 0. The highest BCUT2D eigenvalue weighted by Crippen LogP contribution is 2.26. The summed E-state index contributed by atoms with van der Waals surface area (Å²) in [4.78, 5) is 28.7. The van der Waals surface area contributed by atoms with Crippen molar-refractivity contribution in [2.45, 2.75) is 19.8 Å². The van der Waals surface area contributed by atoms with Crippen molar-refractivity contribution in [1.29, 1.82) is 0 Å². The van der Waals surface area contributed by atoms with Gasteiger partial charge in [-0.2, -0.15) is 0 Å². The third kappa shape index (κ3) is 5.41. The van der Waals surface area contributed by atoms with Crippen molar-refractivity contribution in [3.8, 4) is 5.88 Å². The van der Waals surface area contributed by atoms with Gasteiger partial charge in [0.15, 0.2) is 6.61 Å². The average Bonchev–Trinajstić information content (AvgIpc) is 3.29. The van der Waals surface area contributed by atoms with Crippen molar-refractivity contribution < 1.29 is 18.7 Å². The van der Waals surface area contributed by atoms with Crippen molar-refractivity contribution in [2.24, 2.45) is 0 Å². The van der Waals surface area contributed by atoms with E-state index in [2.05, 4.69) is 24.8 Å². The van der Waals surface area contributed by atoms with Crippen molar-refractivity contribution in [2.75, 3.05) is 50.8 Å². The number of carbonyl (C=O) groups excluding carboxylic acids is 1. The summed E-state index contributed by atoms with van der Waals surface area (Å²) >= 11 is 0. The zero-order valence-electron chi connectivity index (χ0n) is 20.4. The van der Waals surface area contributed by atoms with Gasteiger partial charge in [0, 0.05) is 60.9 Å². The van der Waals surface area contributed by atoms with E-state index in [1.165, 1.54) is 11.6 Å². The minimum Gasteiger partial charge on any atom is -0.466 e. The third-order valence-corrected chi connectivity index (χ3v) is 6.53. The highest BCUT2D eigenvalue weighted by atomic mass is 19.1. The maximum atomic E-state index is 13.6. The van der Waals surface area contributed by atoms with E-state index in [0.717, 1.165) is 73.2 Å². The molecular formula is C27H30FN5O3. The fourth-order valence-corrected chi connectivity index (χ4v) is 4.72. The van der Waals surface area contributed by atoms with E-state index >= 15 is 0 Å². The first-order valence-corrected chi connectivity index (χ1v) is 12.4. The standard InChI is InChI=1S/C27H30FN5O3/c1-2-35-26(34)18-36-25-8-6-21-24(31-25)9-10-29-27(21)33-14-12-32(13-15-33)11-3-4-19-17-30-23-7-5-20(28)16-22(19)23/h5-10,16-17,30H,2-4,11-15,18H2,1H3. The van der Waals surface area contributed by atoms with Crippen LogP contribution in [-0.2, 0) is 16.0 Å². The molecule has 0 aliphatic carbocycles. The number of halogens is 1. The number of hydrogen-bond acceptors (Lipinski definition) is 7. The zero-order chi connectivity index (χ0) is 24.9. The van der Waals surface area contributed by atoms with Gasteiger partial charge in [0.05, 0.1) is 12.1 Å². The van der Waals surface area contributed by atoms with Gasteiger partial charge in [-0.15, -0.1) is 0 Å². The molecule has 1 aromatic carbocycles. The molecule has 0 atom stereocenters. The van der Waals surface area contributed by atoms with E-state index in [1.54, 1.807) is 31.3 Å². The largest absolute Gasteiger partial charge is 0.466 e. The second kappa shape index (κ2) is 10.9. The van der Waals surface area contributed by atoms with Gasteiger partial charge < -0.3 is 19.4 Å². The number of aromatic nitrogens is 3. The van der Waals surface area contributed by atoms with Gasteiger partial charge in [0.2, 0.25) is 5.88 Å². The topological polar surface area (TPSA) is 83.6 Å². The fraction of sp³-hybridized carbons (Fsp3) is 0.370. The van der Waals surface area contributed by atoms with Gasteiger partial charge in [-0.25, -0.2) is 19.2 Å². The number of nitrogens with one attached hydrogen (secondary N) is 1. The summed E-state index contributed by atoms with van der Waals surface area (Å²) in [5, 5.41) is 1.94. The molecular weight excluding hydrogens is 461 g/mol. The number of fused-ring (bicyclic) bond motifs is 2. The molecule has 4 heterocycles. The van der Waals surface area contributed by atoms with E-state index in [9.17, 15) is 9.18 Å². The van der Waals surface area contributed by atoms with Crippen LogP contribution in [0, 0.1) is 5.82 Å². The summed E-state index contributed by atoms with van der Waals surface area (Å²) < 4.78 is 24.0. The number of nitrogens with zero attached hydrogens (tertiary/aromatic N) is 4. The fourth-order valence-electron chi connectivity index (χ4n) is 4.72. The number of pyridine rings is 2. The Balaban J connectivity index is 1.15. The van der Waals surface area contributed by atoms with Crippen LogP contribution in [0.3, 0.4) is 0 Å². The number of piperazine rings is 1. The van der Waals surface area contributed by atoms with Crippen LogP contribution in [-0.4, -0.2) is 71.8 Å². The molecule has 0 amide bonds. The molecule has 5 rings (SSSR count). The Morgan fingerprint density at radius 3 is 2.81 bits per heavy atom. The van der Waals surface area contributed by atoms with Crippen LogP contribution in [0.5, 0.6) is 5.88 Å². The van der Waals surface area contributed by atoms with E-state index in [1.807, 2.05) is 18.3 Å². The molecule has 1 aliphatic rings. The zero-order valence-corrected chi connectivity index (χ0v) is 20.4. The Kier molecular flexibility index (Phi) is 7.27. The van der Waals surface area contributed by atoms with E-state index in [0.29, 0.717) is 12.5 Å². The predicted octanol–water partition coefficient (Wildman–Crippen LogP) is 3.95. The van der Waals surface area contributed by atoms with Crippen LogP contribution in [0.1, 0.15) is 18.9 Å². The van der Waals surface area contributed by atoms with Gasteiger partial charge in [0.1, 0.15) is 11.6 Å². The first-order valence-electron chi connectivity index (χ1n) is 12.4. The molecule has 0 radical (unpaired) electrons. The number of carbonyl (C=O) groups is 1. The summed E-state index contributed by atoms with van der Waals surface area (Å²) in [5.74, 6) is 0.688. The minimum absolute atomic E-state index is 0.163. The number of H-pyrrole nitrogens is 1. The van der Waals surface area contributed by atoms with Crippen LogP contribution in [0.25, 0.3) is 21.8 Å². The van der Waals surface area contributed by atoms with Crippen LogP contribution < -0.4 is 9.64 Å². The van der Waals surface area contributed by atoms with Crippen LogP contribution in [0.15, 0.2) is 48.8 Å². The van der Waals surface area contributed by atoms with Crippen molar-refractivity contribution in [1.82, 2.24) is 19.9 Å². The first kappa shape index (κ1) is 24.0. The SMILES string of the molecule is CCOC(=O)COc1ccc2c(N3CCN(CCCc4c[nH]c5ccc(F)cc45)CC3)nccc2n1. The number of benzene rings is 1. The highest BCUT2D eigenvalue weighted by molar-refractivity contribution is 5.90. The quantitative estimate of drug-likeness (QED) is 0.355. The average molecular weight is 492 g/mol. The number of aromatic amines is 1. The van der Waals surface area contributed by atoms with Crippen LogP contribution in [0.4, 0.5) is 10.2 Å². The second-order valence-electron chi connectivity index (χ2n) is 8.88. The lowest BCUT2D eigenvalue weighted by Gasteiger charge is -2.35. The minimum atomic E-state index is -0.414. The Bertz CT molecular complexity index is 1350. The molecule has 1 saturated heterocycles. The first-order chi connectivity index (χ1) is 17.6. The van der Waals surface area contributed by atoms with Crippen LogP contribution in [0.2, 0.25) is 0 Å². The Morgan fingerprint density at radius 2 is 1.97 bits per heavy atom.